The van der Waals surface area contributed by atoms with Crippen molar-refractivity contribution in [2.45, 2.75) is 6.61 Å². The monoisotopic (exact) mass is 260 g/mol. The van der Waals surface area contributed by atoms with Crippen LogP contribution in [0.3, 0.4) is 0 Å². The molecule has 0 aliphatic heterocycles. The molecule has 0 atom stereocenters. The van der Waals surface area contributed by atoms with E-state index in [1.807, 2.05) is 0 Å². The third kappa shape index (κ3) is 2.98. The second-order valence-electron chi connectivity index (χ2n) is 3.60. The molecule has 0 aliphatic carbocycles. The molecule has 6 nitrogen and oxygen atoms in total. The van der Waals surface area contributed by atoms with Crippen molar-refractivity contribution in [3.8, 4) is 11.5 Å². The highest BCUT2D eigenvalue weighted by Crippen LogP contribution is 2.31. The molecular formula is C13H12N2O4. The molecule has 0 aliphatic rings. The van der Waals surface area contributed by atoms with Gasteiger partial charge in [0.25, 0.3) is 0 Å². The molecule has 0 saturated carbocycles. The Kier molecular flexibility index (Phi) is 3.92. The first-order valence-corrected chi connectivity index (χ1v) is 5.51. The van der Waals surface area contributed by atoms with E-state index in [-0.39, 0.29) is 17.9 Å². The van der Waals surface area contributed by atoms with Gasteiger partial charge in [0.15, 0.2) is 17.3 Å². The number of rotatable bonds is 5. The molecule has 0 fully saturated rings. The first-order chi connectivity index (χ1) is 9.22. The van der Waals surface area contributed by atoms with Gasteiger partial charge in [-0.05, 0) is 18.2 Å². The maximum Gasteiger partial charge on any atom is 0.339 e. The molecule has 0 amide bonds. The van der Waals surface area contributed by atoms with Crippen LogP contribution in [-0.4, -0.2) is 28.2 Å². The fraction of sp³-hybridized carbons (Fsp3) is 0.154. The first-order valence-electron chi connectivity index (χ1n) is 5.51. The summed E-state index contributed by atoms with van der Waals surface area (Å²) >= 11 is 0. The molecule has 19 heavy (non-hydrogen) atoms. The standard InChI is InChI=1S/C13H12N2O4/c1-18-10-5-2-4-9(13(16)17)12(10)19-8-11-14-6-3-7-15-11/h2-7H,8H2,1H3,(H,16,17). The molecule has 2 aromatic rings. The number of aromatic carboxylic acids is 1. The van der Waals surface area contributed by atoms with Crippen LogP contribution in [0.25, 0.3) is 0 Å². The summed E-state index contributed by atoms with van der Waals surface area (Å²) in [5, 5.41) is 9.12. The fourth-order valence-electron chi connectivity index (χ4n) is 1.54. The minimum atomic E-state index is -1.08. The lowest BCUT2D eigenvalue weighted by molar-refractivity contribution is 0.0690. The lowest BCUT2D eigenvalue weighted by Gasteiger charge is -2.12. The first kappa shape index (κ1) is 12.8. The Labute approximate surface area is 109 Å². The Bertz CT molecular complexity index is 572. The molecule has 1 aromatic heterocycles. The zero-order chi connectivity index (χ0) is 13.7. The summed E-state index contributed by atoms with van der Waals surface area (Å²) in [6.07, 6.45) is 3.18. The van der Waals surface area contributed by atoms with Gasteiger partial charge in [-0.1, -0.05) is 6.07 Å². The Hall–Kier alpha value is -2.63. The highest BCUT2D eigenvalue weighted by atomic mass is 16.5. The smallest absolute Gasteiger partial charge is 0.339 e. The number of aromatic nitrogens is 2. The highest BCUT2D eigenvalue weighted by molar-refractivity contribution is 5.92. The average Bonchev–Trinajstić information content (AvgIpc) is 2.45. The number of benzene rings is 1. The van der Waals surface area contributed by atoms with Crippen LogP contribution in [0.2, 0.25) is 0 Å². The number of para-hydroxylation sites is 1. The van der Waals surface area contributed by atoms with E-state index in [9.17, 15) is 4.79 Å². The molecule has 0 bridgehead atoms. The zero-order valence-corrected chi connectivity index (χ0v) is 10.2. The van der Waals surface area contributed by atoms with Crippen molar-refractivity contribution in [3.63, 3.8) is 0 Å². The van der Waals surface area contributed by atoms with Crippen LogP contribution in [0.5, 0.6) is 11.5 Å². The van der Waals surface area contributed by atoms with Crippen LogP contribution in [0, 0.1) is 0 Å². The number of nitrogens with zero attached hydrogens (tertiary/aromatic N) is 2. The molecule has 1 aromatic carbocycles. The van der Waals surface area contributed by atoms with Gasteiger partial charge in [-0.2, -0.15) is 0 Å². The summed E-state index contributed by atoms with van der Waals surface area (Å²) < 4.78 is 10.6. The SMILES string of the molecule is COc1cccc(C(=O)O)c1OCc1ncccn1. The van der Waals surface area contributed by atoms with Gasteiger partial charge >= 0.3 is 5.97 Å². The number of carboxylic acids is 1. The zero-order valence-electron chi connectivity index (χ0n) is 10.2. The van der Waals surface area contributed by atoms with Crippen molar-refractivity contribution in [1.29, 1.82) is 0 Å². The van der Waals surface area contributed by atoms with Crippen LogP contribution in [0.15, 0.2) is 36.7 Å². The number of carbonyl (C=O) groups is 1. The Morgan fingerprint density at radius 2 is 2.00 bits per heavy atom. The van der Waals surface area contributed by atoms with E-state index in [1.54, 1.807) is 30.6 Å². The van der Waals surface area contributed by atoms with Crippen molar-refractivity contribution >= 4 is 5.97 Å². The van der Waals surface area contributed by atoms with E-state index in [0.717, 1.165) is 0 Å². The molecular weight excluding hydrogens is 248 g/mol. The topological polar surface area (TPSA) is 81.5 Å². The molecule has 1 heterocycles. The van der Waals surface area contributed by atoms with Crippen LogP contribution in [-0.2, 0) is 6.61 Å². The lowest BCUT2D eigenvalue weighted by atomic mass is 10.2. The Morgan fingerprint density at radius 1 is 1.26 bits per heavy atom. The number of hydrogen-bond donors (Lipinski definition) is 1. The van der Waals surface area contributed by atoms with E-state index in [1.165, 1.54) is 13.2 Å². The average molecular weight is 260 g/mol. The molecule has 1 N–H and O–H groups in total. The van der Waals surface area contributed by atoms with Crippen molar-refractivity contribution in [2.24, 2.45) is 0 Å². The van der Waals surface area contributed by atoms with Gasteiger partial charge in [0, 0.05) is 12.4 Å². The molecule has 98 valence electrons. The van der Waals surface area contributed by atoms with Crippen molar-refractivity contribution in [3.05, 3.63) is 48.0 Å². The molecule has 0 saturated heterocycles. The molecule has 0 radical (unpaired) electrons. The molecule has 0 unspecified atom stereocenters. The minimum absolute atomic E-state index is 0.0373. The number of ether oxygens (including phenoxy) is 2. The largest absolute Gasteiger partial charge is 0.493 e. The summed E-state index contributed by atoms with van der Waals surface area (Å²) in [5.74, 6) is -0.0894. The number of carboxylic acid groups (broad SMARTS) is 1. The molecule has 2 rings (SSSR count). The van der Waals surface area contributed by atoms with Crippen LogP contribution >= 0.6 is 0 Å². The molecule has 0 spiro atoms. The Balaban J connectivity index is 2.25. The minimum Gasteiger partial charge on any atom is -0.493 e. The normalized spacial score (nSPS) is 9.95. The summed E-state index contributed by atoms with van der Waals surface area (Å²) in [7, 11) is 1.45. The van der Waals surface area contributed by atoms with Gasteiger partial charge < -0.3 is 14.6 Å². The quantitative estimate of drug-likeness (QED) is 0.882. The van der Waals surface area contributed by atoms with E-state index in [2.05, 4.69) is 9.97 Å². The summed E-state index contributed by atoms with van der Waals surface area (Å²) in [6.45, 7) is 0.0709. The second kappa shape index (κ2) is 5.81. The fourth-order valence-corrected chi connectivity index (χ4v) is 1.54. The van der Waals surface area contributed by atoms with Gasteiger partial charge in [-0.3, -0.25) is 0 Å². The summed E-state index contributed by atoms with van der Waals surface area (Å²) in [4.78, 5) is 19.1. The summed E-state index contributed by atoms with van der Waals surface area (Å²) in [6, 6.07) is 6.36. The van der Waals surface area contributed by atoms with Crippen LogP contribution in [0.1, 0.15) is 16.2 Å². The predicted molar refractivity (Wildman–Crippen MR) is 66.3 cm³/mol. The maximum atomic E-state index is 11.1. The van der Waals surface area contributed by atoms with Crippen LogP contribution in [0.4, 0.5) is 0 Å². The maximum absolute atomic E-state index is 11.1. The molecule has 6 heteroatoms. The number of hydrogen-bond acceptors (Lipinski definition) is 5. The Morgan fingerprint density at radius 3 is 2.63 bits per heavy atom. The highest BCUT2D eigenvalue weighted by Gasteiger charge is 2.16. The number of methoxy groups -OCH3 is 1. The van der Waals surface area contributed by atoms with Crippen molar-refractivity contribution in [1.82, 2.24) is 9.97 Å². The van der Waals surface area contributed by atoms with Crippen LogP contribution < -0.4 is 9.47 Å². The lowest BCUT2D eigenvalue weighted by Crippen LogP contribution is -2.06. The van der Waals surface area contributed by atoms with Gasteiger partial charge in [0.1, 0.15) is 12.2 Å². The van der Waals surface area contributed by atoms with Crippen molar-refractivity contribution in [2.75, 3.05) is 7.11 Å². The summed E-state index contributed by atoms with van der Waals surface area (Å²) in [5.41, 5.74) is 0.0373. The van der Waals surface area contributed by atoms with E-state index < -0.39 is 5.97 Å². The van der Waals surface area contributed by atoms with E-state index in [4.69, 9.17) is 14.6 Å². The third-order valence-corrected chi connectivity index (χ3v) is 2.39. The van der Waals surface area contributed by atoms with Crippen molar-refractivity contribution < 1.29 is 19.4 Å². The van der Waals surface area contributed by atoms with Gasteiger partial charge in [0.05, 0.1) is 7.11 Å². The van der Waals surface area contributed by atoms with E-state index >= 15 is 0 Å². The van der Waals surface area contributed by atoms with E-state index in [0.29, 0.717) is 11.6 Å². The second-order valence-corrected chi connectivity index (χ2v) is 3.60. The third-order valence-electron chi connectivity index (χ3n) is 2.39. The van der Waals surface area contributed by atoms with Gasteiger partial charge in [-0.15, -0.1) is 0 Å². The predicted octanol–water partition coefficient (Wildman–Crippen LogP) is 1.76. The van der Waals surface area contributed by atoms with Gasteiger partial charge in [0.2, 0.25) is 0 Å². The van der Waals surface area contributed by atoms with Gasteiger partial charge in [-0.25, -0.2) is 14.8 Å².